The molecule has 0 saturated heterocycles. The van der Waals surface area contributed by atoms with Gasteiger partial charge in [0, 0.05) is 16.1 Å². The van der Waals surface area contributed by atoms with Gasteiger partial charge in [-0.2, -0.15) is 0 Å². The quantitative estimate of drug-likeness (QED) is 0.517. The lowest BCUT2D eigenvalue weighted by Crippen LogP contribution is -2.36. The highest BCUT2D eigenvalue weighted by molar-refractivity contribution is 9.10. The first-order chi connectivity index (χ1) is 9.04. The molecule has 0 aliphatic carbocycles. The number of rotatable bonds is 8. The van der Waals surface area contributed by atoms with Gasteiger partial charge in [0.25, 0.3) is 0 Å². The summed E-state index contributed by atoms with van der Waals surface area (Å²) in [4.78, 5) is 14.5. The molecule has 106 valence electrons. The Morgan fingerprint density at radius 3 is 2.63 bits per heavy atom. The first kappa shape index (κ1) is 16.4. The van der Waals surface area contributed by atoms with Crippen LogP contribution in [-0.4, -0.2) is 29.8 Å². The van der Waals surface area contributed by atoms with Crippen LogP contribution in [0.25, 0.3) is 0 Å². The Hall–Kier alpha value is -0.670. The number of hydrogen-bond acceptors (Lipinski definition) is 2. The lowest BCUT2D eigenvalue weighted by atomic mass is 10.1. The van der Waals surface area contributed by atoms with E-state index >= 15 is 0 Å². The number of Topliss-reactive ketones (excluding diaryl/α,β-unsaturated/α-hetero) is 1. The van der Waals surface area contributed by atoms with Crippen molar-refractivity contribution in [2.24, 2.45) is 0 Å². The highest BCUT2D eigenvalue weighted by Gasteiger charge is 2.15. The van der Waals surface area contributed by atoms with Crippen LogP contribution in [0.15, 0.2) is 28.7 Å². The number of carbonyl (C=O) groups excluding carboxylic acids is 1. The van der Waals surface area contributed by atoms with Crippen molar-refractivity contribution in [3.8, 4) is 0 Å². The molecule has 0 saturated carbocycles. The van der Waals surface area contributed by atoms with Crippen LogP contribution in [0, 0.1) is 0 Å². The summed E-state index contributed by atoms with van der Waals surface area (Å²) in [6, 6.07) is 8.05. The Kier molecular flexibility index (Phi) is 7.32. The van der Waals surface area contributed by atoms with Crippen molar-refractivity contribution in [1.29, 1.82) is 0 Å². The van der Waals surface area contributed by atoms with E-state index in [1.54, 1.807) is 0 Å². The number of ketones is 1. The van der Waals surface area contributed by atoms with Gasteiger partial charge in [-0.25, -0.2) is 0 Å². The molecule has 0 radical (unpaired) electrons. The van der Waals surface area contributed by atoms with E-state index in [1.807, 2.05) is 24.3 Å². The highest BCUT2D eigenvalue weighted by Crippen LogP contribution is 2.13. The average Bonchev–Trinajstić information content (AvgIpc) is 2.37. The molecule has 1 rings (SSSR count). The number of halogens is 1. The molecule has 0 heterocycles. The van der Waals surface area contributed by atoms with Crippen molar-refractivity contribution in [2.75, 3.05) is 13.1 Å². The van der Waals surface area contributed by atoms with Gasteiger partial charge in [0.2, 0.25) is 0 Å². The van der Waals surface area contributed by atoms with Crippen LogP contribution in [0.2, 0.25) is 0 Å². The molecular formula is C16H24BrNO. The van der Waals surface area contributed by atoms with E-state index in [0.717, 1.165) is 16.6 Å². The average molecular weight is 326 g/mol. The Morgan fingerprint density at radius 2 is 2.05 bits per heavy atom. The number of unbranched alkanes of at least 4 members (excludes halogenated alkanes) is 2. The molecule has 0 fully saturated rings. The number of nitrogens with zero attached hydrogens (tertiary/aromatic N) is 1. The fourth-order valence-electron chi connectivity index (χ4n) is 2.02. The van der Waals surface area contributed by atoms with Gasteiger partial charge in [-0.1, -0.05) is 47.8 Å². The standard InChI is InChI=1S/C16H24BrNO/c1-4-5-6-10-18(13(2)3)12-16(19)14-8-7-9-15(17)11-14/h7-9,11,13H,4-6,10,12H2,1-3H3. The molecule has 0 amide bonds. The van der Waals surface area contributed by atoms with E-state index < -0.39 is 0 Å². The van der Waals surface area contributed by atoms with Gasteiger partial charge in [0.1, 0.15) is 0 Å². The summed E-state index contributed by atoms with van der Waals surface area (Å²) in [6.45, 7) is 8.02. The minimum atomic E-state index is 0.200. The van der Waals surface area contributed by atoms with Crippen molar-refractivity contribution in [2.45, 2.75) is 46.1 Å². The summed E-state index contributed by atoms with van der Waals surface area (Å²) >= 11 is 3.41. The zero-order chi connectivity index (χ0) is 14.3. The first-order valence-electron chi connectivity index (χ1n) is 7.07. The molecule has 1 aromatic rings. The molecule has 0 N–H and O–H groups in total. The summed E-state index contributed by atoms with van der Waals surface area (Å²) < 4.78 is 0.959. The van der Waals surface area contributed by atoms with E-state index in [2.05, 4.69) is 41.6 Å². The normalized spacial score (nSPS) is 11.3. The van der Waals surface area contributed by atoms with Gasteiger partial charge in [0.15, 0.2) is 5.78 Å². The topological polar surface area (TPSA) is 20.3 Å². The second kappa shape index (κ2) is 8.49. The van der Waals surface area contributed by atoms with Gasteiger partial charge in [-0.05, 0) is 38.9 Å². The smallest absolute Gasteiger partial charge is 0.176 e. The maximum absolute atomic E-state index is 12.3. The van der Waals surface area contributed by atoms with Gasteiger partial charge < -0.3 is 0 Å². The Labute approximate surface area is 125 Å². The van der Waals surface area contributed by atoms with E-state index in [-0.39, 0.29) is 5.78 Å². The zero-order valence-electron chi connectivity index (χ0n) is 12.2. The first-order valence-corrected chi connectivity index (χ1v) is 7.86. The molecule has 0 unspecified atom stereocenters. The van der Waals surface area contributed by atoms with E-state index in [1.165, 1.54) is 19.3 Å². The minimum Gasteiger partial charge on any atom is -0.293 e. The molecular weight excluding hydrogens is 302 g/mol. The van der Waals surface area contributed by atoms with Crippen molar-refractivity contribution >= 4 is 21.7 Å². The zero-order valence-corrected chi connectivity index (χ0v) is 13.7. The maximum Gasteiger partial charge on any atom is 0.176 e. The molecule has 2 nitrogen and oxygen atoms in total. The van der Waals surface area contributed by atoms with E-state index in [9.17, 15) is 4.79 Å². The second-order valence-corrected chi connectivity index (χ2v) is 6.12. The largest absolute Gasteiger partial charge is 0.293 e. The van der Waals surface area contributed by atoms with Crippen molar-refractivity contribution < 1.29 is 4.79 Å². The van der Waals surface area contributed by atoms with Gasteiger partial charge in [-0.3, -0.25) is 9.69 Å². The fraction of sp³-hybridized carbons (Fsp3) is 0.562. The Bertz CT molecular complexity index is 403. The predicted octanol–water partition coefficient (Wildman–Crippen LogP) is 4.53. The summed E-state index contributed by atoms with van der Waals surface area (Å²) in [5.74, 6) is 0.200. The van der Waals surface area contributed by atoms with Crippen LogP contribution >= 0.6 is 15.9 Å². The van der Waals surface area contributed by atoms with E-state index in [4.69, 9.17) is 0 Å². The SMILES string of the molecule is CCCCCN(CC(=O)c1cccc(Br)c1)C(C)C. The lowest BCUT2D eigenvalue weighted by Gasteiger charge is -2.25. The van der Waals surface area contributed by atoms with Crippen LogP contribution in [0.4, 0.5) is 0 Å². The summed E-state index contributed by atoms with van der Waals surface area (Å²) in [7, 11) is 0. The maximum atomic E-state index is 12.3. The third-order valence-electron chi connectivity index (χ3n) is 3.27. The molecule has 19 heavy (non-hydrogen) atoms. The molecule has 0 spiro atoms. The summed E-state index contributed by atoms with van der Waals surface area (Å²) in [6.07, 6.45) is 3.61. The monoisotopic (exact) mass is 325 g/mol. The molecule has 0 aliphatic heterocycles. The Balaban J connectivity index is 2.60. The minimum absolute atomic E-state index is 0.200. The molecule has 3 heteroatoms. The van der Waals surface area contributed by atoms with Crippen LogP contribution < -0.4 is 0 Å². The lowest BCUT2D eigenvalue weighted by molar-refractivity contribution is 0.0903. The van der Waals surface area contributed by atoms with Crippen LogP contribution in [0.1, 0.15) is 50.4 Å². The van der Waals surface area contributed by atoms with Gasteiger partial charge >= 0.3 is 0 Å². The van der Waals surface area contributed by atoms with Crippen molar-refractivity contribution in [1.82, 2.24) is 4.90 Å². The highest BCUT2D eigenvalue weighted by atomic mass is 79.9. The molecule has 0 bridgehead atoms. The molecule has 0 aromatic heterocycles. The van der Waals surface area contributed by atoms with Crippen LogP contribution in [0.5, 0.6) is 0 Å². The predicted molar refractivity (Wildman–Crippen MR) is 84.7 cm³/mol. The van der Waals surface area contributed by atoms with Crippen LogP contribution in [0.3, 0.4) is 0 Å². The van der Waals surface area contributed by atoms with Gasteiger partial charge in [-0.15, -0.1) is 0 Å². The van der Waals surface area contributed by atoms with Crippen molar-refractivity contribution in [3.05, 3.63) is 34.3 Å². The third-order valence-corrected chi connectivity index (χ3v) is 3.77. The van der Waals surface area contributed by atoms with Crippen molar-refractivity contribution in [3.63, 3.8) is 0 Å². The van der Waals surface area contributed by atoms with Gasteiger partial charge in [0.05, 0.1) is 6.54 Å². The number of hydrogen-bond donors (Lipinski definition) is 0. The second-order valence-electron chi connectivity index (χ2n) is 5.20. The number of benzene rings is 1. The fourth-order valence-corrected chi connectivity index (χ4v) is 2.42. The molecule has 0 atom stereocenters. The summed E-state index contributed by atoms with van der Waals surface area (Å²) in [5.41, 5.74) is 0.788. The number of carbonyl (C=O) groups is 1. The Morgan fingerprint density at radius 1 is 1.32 bits per heavy atom. The summed E-state index contributed by atoms with van der Waals surface area (Å²) in [5, 5.41) is 0. The molecule has 0 aliphatic rings. The van der Waals surface area contributed by atoms with Crippen LogP contribution in [-0.2, 0) is 0 Å². The third kappa shape index (κ3) is 5.87. The van der Waals surface area contributed by atoms with E-state index in [0.29, 0.717) is 12.6 Å². The molecule has 1 aromatic carbocycles.